The van der Waals surface area contributed by atoms with Crippen LogP contribution < -0.4 is 10.9 Å². The maximum atomic E-state index is 11.7. The first-order valence-corrected chi connectivity index (χ1v) is 7.03. The zero-order valence-electron chi connectivity index (χ0n) is 10.8. The van der Waals surface area contributed by atoms with Crippen LogP contribution in [0, 0.1) is 0 Å². The zero-order valence-corrected chi connectivity index (χ0v) is 12.4. The van der Waals surface area contributed by atoms with Gasteiger partial charge in [0.05, 0.1) is 6.54 Å². The Labute approximate surface area is 120 Å². The van der Waals surface area contributed by atoms with Crippen LogP contribution in [-0.4, -0.2) is 16.1 Å². The number of aromatic nitrogens is 2. The van der Waals surface area contributed by atoms with Gasteiger partial charge in [0, 0.05) is 29.5 Å². The summed E-state index contributed by atoms with van der Waals surface area (Å²) in [6, 6.07) is 7.22. The summed E-state index contributed by atoms with van der Waals surface area (Å²) < 4.78 is 2.54. The van der Waals surface area contributed by atoms with Crippen molar-refractivity contribution in [2.24, 2.45) is 0 Å². The minimum absolute atomic E-state index is 0.0172. The van der Waals surface area contributed by atoms with Crippen molar-refractivity contribution in [3.8, 4) is 0 Å². The van der Waals surface area contributed by atoms with E-state index in [2.05, 4.69) is 33.2 Å². The van der Waals surface area contributed by atoms with Gasteiger partial charge in [-0.05, 0) is 40.0 Å². The summed E-state index contributed by atoms with van der Waals surface area (Å²) >= 11 is 3.36. The fourth-order valence-corrected chi connectivity index (χ4v) is 2.08. The Morgan fingerprint density at radius 2 is 2.16 bits per heavy atom. The third-order valence-corrected chi connectivity index (χ3v) is 3.15. The molecule has 0 saturated heterocycles. The number of pyridine rings is 2. The first kappa shape index (κ1) is 13.8. The average Bonchev–Trinajstić information content (AvgIpc) is 2.42. The summed E-state index contributed by atoms with van der Waals surface area (Å²) in [5.41, 5.74) is 0.985. The summed E-state index contributed by atoms with van der Waals surface area (Å²) in [4.78, 5) is 16.0. The molecule has 0 fully saturated rings. The molecule has 0 aliphatic heterocycles. The molecule has 100 valence electrons. The van der Waals surface area contributed by atoms with Gasteiger partial charge in [0.25, 0.3) is 5.56 Å². The molecule has 19 heavy (non-hydrogen) atoms. The third-order valence-electron chi connectivity index (χ3n) is 2.68. The molecule has 0 aliphatic rings. The van der Waals surface area contributed by atoms with Crippen LogP contribution in [0.4, 0.5) is 5.82 Å². The Bertz CT molecular complexity index is 592. The fourth-order valence-electron chi connectivity index (χ4n) is 1.70. The Balaban J connectivity index is 2.11. The van der Waals surface area contributed by atoms with Gasteiger partial charge < -0.3 is 9.88 Å². The number of rotatable bonds is 5. The molecule has 0 radical (unpaired) electrons. The van der Waals surface area contributed by atoms with Gasteiger partial charge >= 0.3 is 0 Å². The molecule has 0 atom stereocenters. The van der Waals surface area contributed by atoms with E-state index < -0.39 is 0 Å². The van der Waals surface area contributed by atoms with E-state index in [9.17, 15) is 4.79 Å². The van der Waals surface area contributed by atoms with Gasteiger partial charge in [-0.1, -0.05) is 13.0 Å². The van der Waals surface area contributed by atoms with Crippen molar-refractivity contribution in [1.82, 2.24) is 9.55 Å². The lowest BCUT2D eigenvalue weighted by molar-refractivity contribution is 0.753. The highest BCUT2D eigenvalue weighted by Crippen LogP contribution is 2.09. The van der Waals surface area contributed by atoms with Crippen LogP contribution in [0.2, 0.25) is 0 Å². The SMILES string of the molecule is CCCNc1ccc(Cn2cc(Br)ccc2=O)cn1. The van der Waals surface area contributed by atoms with E-state index >= 15 is 0 Å². The molecule has 0 unspecified atom stereocenters. The topological polar surface area (TPSA) is 46.9 Å². The highest BCUT2D eigenvalue weighted by molar-refractivity contribution is 9.10. The summed E-state index contributed by atoms with van der Waals surface area (Å²) in [6.45, 7) is 3.55. The van der Waals surface area contributed by atoms with Crippen LogP contribution in [-0.2, 0) is 6.54 Å². The van der Waals surface area contributed by atoms with Crippen molar-refractivity contribution in [2.45, 2.75) is 19.9 Å². The number of halogens is 1. The summed E-state index contributed by atoms with van der Waals surface area (Å²) in [5.74, 6) is 0.868. The molecule has 2 heterocycles. The van der Waals surface area contributed by atoms with E-state index in [0.717, 1.165) is 28.8 Å². The normalized spacial score (nSPS) is 10.4. The van der Waals surface area contributed by atoms with Crippen molar-refractivity contribution < 1.29 is 0 Å². The first-order valence-electron chi connectivity index (χ1n) is 6.24. The molecule has 2 rings (SSSR count). The zero-order chi connectivity index (χ0) is 13.7. The van der Waals surface area contributed by atoms with Crippen molar-refractivity contribution in [1.29, 1.82) is 0 Å². The van der Waals surface area contributed by atoms with Gasteiger partial charge in [0.2, 0.25) is 0 Å². The standard InChI is InChI=1S/C14H16BrN3O/c1-2-7-16-13-5-3-11(8-17-13)9-18-10-12(15)4-6-14(18)19/h3-6,8,10H,2,7,9H2,1H3,(H,16,17). The van der Waals surface area contributed by atoms with Gasteiger partial charge in [-0.3, -0.25) is 4.79 Å². The summed E-state index contributed by atoms with van der Waals surface area (Å²) in [7, 11) is 0. The summed E-state index contributed by atoms with van der Waals surface area (Å²) in [6.07, 6.45) is 4.65. The fraction of sp³-hybridized carbons (Fsp3) is 0.286. The number of nitrogens with zero attached hydrogens (tertiary/aromatic N) is 2. The molecule has 0 aromatic carbocycles. The van der Waals surface area contributed by atoms with E-state index in [1.165, 1.54) is 0 Å². The van der Waals surface area contributed by atoms with E-state index in [4.69, 9.17) is 0 Å². The Hall–Kier alpha value is -1.62. The lowest BCUT2D eigenvalue weighted by Crippen LogP contribution is -2.18. The lowest BCUT2D eigenvalue weighted by Gasteiger charge is -2.07. The van der Waals surface area contributed by atoms with E-state index in [-0.39, 0.29) is 5.56 Å². The van der Waals surface area contributed by atoms with E-state index in [1.807, 2.05) is 12.1 Å². The molecule has 0 spiro atoms. The van der Waals surface area contributed by atoms with Gasteiger partial charge in [-0.15, -0.1) is 0 Å². The molecular formula is C14H16BrN3O. The molecular weight excluding hydrogens is 306 g/mol. The van der Waals surface area contributed by atoms with E-state index in [1.54, 1.807) is 29.1 Å². The van der Waals surface area contributed by atoms with Gasteiger partial charge in [0.15, 0.2) is 0 Å². The average molecular weight is 322 g/mol. The monoisotopic (exact) mass is 321 g/mol. The maximum Gasteiger partial charge on any atom is 0.250 e. The molecule has 2 aromatic rings. The second-order valence-electron chi connectivity index (χ2n) is 4.29. The van der Waals surface area contributed by atoms with Gasteiger partial charge in [0.1, 0.15) is 5.82 Å². The van der Waals surface area contributed by atoms with Gasteiger partial charge in [-0.2, -0.15) is 0 Å². The molecule has 1 N–H and O–H groups in total. The third kappa shape index (κ3) is 3.92. The molecule has 0 bridgehead atoms. The van der Waals surface area contributed by atoms with Crippen LogP contribution in [0.15, 0.2) is 45.9 Å². The first-order chi connectivity index (χ1) is 9.19. The number of hydrogen-bond acceptors (Lipinski definition) is 3. The lowest BCUT2D eigenvalue weighted by atomic mass is 10.2. The van der Waals surface area contributed by atoms with E-state index in [0.29, 0.717) is 6.54 Å². The van der Waals surface area contributed by atoms with Crippen molar-refractivity contribution >= 4 is 21.7 Å². The van der Waals surface area contributed by atoms with Gasteiger partial charge in [-0.25, -0.2) is 4.98 Å². The minimum Gasteiger partial charge on any atom is -0.370 e. The predicted molar refractivity (Wildman–Crippen MR) is 80.5 cm³/mol. The molecule has 0 amide bonds. The van der Waals surface area contributed by atoms with Crippen LogP contribution in [0.25, 0.3) is 0 Å². The van der Waals surface area contributed by atoms with Crippen LogP contribution >= 0.6 is 15.9 Å². The van der Waals surface area contributed by atoms with Crippen molar-refractivity contribution in [2.75, 3.05) is 11.9 Å². The largest absolute Gasteiger partial charge is 0.370 e. The molecule has 2 aromatic heterocycles. The Morgan fingerprint density at radius 3 is 2.84 bits per heavy atom. The maximum absolute atomic E-state index is 11.7. The Kier molecular flexibility index (Phi) is 4.74. The quantitative estimate of drug-likeness (QED) is 0.921. The van der Waals surface area contributed by atoms with Crippen LogP contribution in [0.1, 0.15) is 18.9 Å². The second-order valence-corrected chi connectivity index (χ2v) is 5.21. The predicted octanol–water partition coefficient (Wildman–Crippen LogP) is 2.88. The second kappa shape index (κ2) is 6.52. The number of nitrogens with one attached hydrogen (secondary N) is 1. The minimum atomic E-state index is -0.0172. The number of hydrogen-bond donors (Lipinski definition) is 1. The molecule has 4 nitrogen and oxygen atoms in total. The van der Waals surface area contributed by atoms with Crippen LogP contribution in [0.3, 0.4) is 0 Å². The Morgan fingerprint density at radius 1 is 1.32 bits per heavy atom. The van der Waals surface area contributed by atoms with Crippen molar-refractivity contribution in [3.63, 3.8) is 0 Å². The number of anilines is 1. The smallest absolute Gasteiger partial charge is 0.250 e. The molecule has 5 heteroatoms. The van der Waals surface area contributed by atoms with Crippen LogP contribution in [0.5, 0.6) is 0 Å². The highest BCUT2D eigenvalue weighted by Gasteiger charge is 2.00. The molecule has 0 aliphatic carbocycles. The summed E-state index contributed by atoms with van der Waals surface area (Å²) in [5, 5.41) is 3.22. The highest BCUT2D eigenvalue weighted by atomic mass is 79.9. The van der Waals surface area contributed by atoms with Crippen molar-refractivity contribution in [3.05, 3.63) is 57.0 Å². The molecule has 0 saturated carbocycles.